The molecule has 0 bridgehead atoms. The van der Waals surface area contributed by atoms with Crippen LogP contribution in [0.4, 0.5) is 0 Å². The van der Waals surface area contributed by atoms with Crippen LogP contribution in [-0.4, -0.2) is 24.5 Å². The van der Waals surface area contributed by atoms with E-state index in [2.05, 4.69) is 61.2 Å². The summed E-state index contributed by atoms with van der Waals surface area (Å²) in [5.41, 5.74) is 15.3. The van der Waals surface area contributed by atoms with Crippen molar-refractivity contribution in [2.24, 2.45) is 11.5 Å². The Morgan fingerprint density at radius 1 is 1.00 bits per heavy atom. The first-order valence-corrected chi connectivity index (χ1v) is 10.8. The zero-order chi connectivity index (χ0) is 21.5. The number of hydrogen-bond donors (Lipinski definition) is 2. The van der Waals surface area contributed by atoms with E-state index < -0.39 is 0 Å². The first kappa shape index (κ1) is 30.3. The number of nitrogens with zero attached hydrogens (tertiary/aromatic N) is 1. The fourth-order valence-electron chi connectivity index (χ4n) is 2.43. The van der Waals surface area contributed by atoms with Crippen LogP contribution in [0.5, 0.6) is 0 Å². The second-order valence-electron chi connectivity index (χ2n) is 5.21. The average Bonchev–Trinajstić information content (AvgIpc) is 2.73. The van der Waals surface area contributed by atoms with Crippen molar-refractivity contribution in [2.75, 3.05) is 19.6 Å². The Kier molecular flexibility index (Phi) is 27.6. The van der Waals surface area contributed by atoms with Crippen LogP contribution in [0, 0.1) is 0 Å². The number of hydrogen-bond acceptors (Lipinski definition) is 3. The third-order valence-corrected chi connectivity index (χ3v) is 3.33. The summed E-state index contributed by atoms with van der Waals surface area (Å²) in [6, 6.07) is 8.48. The van der Waals surface area contributed by atoms with Gasteiger partial charge in [-0.05, 0) is 30.0 Å². The lowest BCUT2D eigenvalue weighted by Gasteiger charge is -2.22. The molecular weight excluding hydrogens is 330 g/mol. The van der Waals surface area contributed by atoms with Gasteiger partial charge in [0.05, 0.1) is 0 Å². The van der Waals surface area contributed by atoms with Gasteiger partial charge in [-0.1, -0.05) is 91.0 Å². The second-order valence-corrected chi connectivity index (χ2v) is 5.21. The molecule has 0 spiro atoms. The molecule has 0 aliphatic rings. The second kappa shape index (κ2) is 24.6. The van der Waals surface area contributed by atoms with Gasteiger partial charge in [-0.3, -0.25) is 4.90 Å². The monoisotopic (exact) mass is 377 g/mol. The van der Waals surface area contributed by atoms with E-state index in [-0.39, 0.29) is 0 Å². The molecule has 4 N–H and O–H groups in total. The summed E-state index contributed by atoms with van der Waals surface area (Å²) >= 11 is 0. The van der Waals surface area contributed by atoms with Gasteiger partial charge in [-0.2, -0.15) is 0 Å². The van der Waals surface area contributed by atoms with E-state index in [1.54, 1.807) is 0 Å². The van der Waals surface area contributed by atoms with Gasteiger partial charge in [-0.15, -0.1) is 0 Å². The van der Waals surface area contributed by atoms with Crippen LogP contribution in [0.15, 0.2) is 48.1 Å². The predicted molar refractivity (Wildman–Crippen MR) is 126 cm³/mol. The highest BCUT2D eigenvalue weighted by molar-refractivity contribution is 5.24. The molecule has 1 rings (SSSR count). The van der Waals surface area contributed by atoms with Crippen molar-refractivity contribution in [1.29, 1.82) is 0 Å². The Morgan fingerprint density at radius 3 is 2.07 bits per heavy atom. The highest BCUT2D eigenvalue weighted by atomic mass is 15.1. The van der Waals surface area contributed by atoms with Gasteiger partial charge in [0, 0.05) is 32.7 Å². The van der Waals surface area contributed by atoms with E-state index >= 15 is 0 Å². The smallest absolute Gasteiger partial charge is 0.0237 e. The maximum atomic E-state index is 5.76. The average molecular weight is 378 g/mol. The Hall–Kier alpha value is -1.42. The van der Waals surface area contributed by atoms with Crippen molar-refractivity contribution in [2.45, 2.75) is 74.9 Å². The lowest BCUT2D eigenvalue weighted by atomic mass is 10.1. The lowest BCUT2D eigenvalue weighted by Crippen LogP contribution is -2.30. The third-order valence-electron chi connectivity index (χ3n) is 3.33. The molecule has 0 aliphatic heterocycles. The van der Waals surface area contributed by atoms with Crippen molar-refractivity contribution in [3.05, 3.63) is 59.2 Å². The topological polar surface area (TPSA) is 55.3 Å². The molecule has 1 aromatic carbocycles. The van der Waals surface area contributed by atoms with Gasteiger partial charge in [0.25, 0.3) is 0 Å². The third kappa shape index (κ3) is 16.5. The molecule has 0 saturated heterocycles. The van der Waals surface area contributed by atoms with E-state index in [0.717, 1.165) is 26.1 Å². The number of rotatable bonds is 9. The highest BCUT2D eigenvalue weighted by Crippen LogP contribution is 2.11. The molecule has 0 amide bonds. The Labute approximate surface area is 170 Å². The molecule has 27 heavy (non-hydrogen) atoms. The number of nitrogens with two attached hydrogens (primary N) is 2. The molecule has 0 fully saturated rings. The molecule has 3 nitrogen and oxygen atoms in total. The molecule has 3 heteroatoms. The lowest BCUT2D eigenvalue weighted by molar-refractivity contribution is 0.298. The summed E-state index contributed by atoms with van der Waals surface area (Å²) in [5, 5.41) is 0. The van der Waals surface area contributed by atoms with Gasteiger partial charge >= 0.3 is 0 Å². The van der Waals surface area contributed by atoms with E-state index in [4.69, 9.17) is 11.5 Å². The molecule has 1 aromatic rings. The quantitative estimate of drug-likeness (QED) is 0.527. The minimum Gasteiger partial charge on any atom is -0.329 e. The highest BCUT2D eigenvalue weighted by Gasteiger charge is 2.07. The van der Waals surface area contributed by atoms with Crippen molar-refractivity contribution in [3.63, 3.8) is 0 Å². The summed E-state index contributed by atoms with van der Waals surface area (Å²) in [6.45, 7) is 20.2. The van der Waals surface area contributed by atoms with Crippen LogP contribution < -0.4 is 11.5 Å². The van der Waals surface area contributed by atoms with E-state index in [1.807, 2.05) is 41.5 Å². The van der Waals surface area contributed by atoms with Crippen molar-refractivity contribution >= 4 is 0 Å². The number of allylic oxidation sites excluding steroid dienone is 2. The minimum atomic E-state index is 0.588. The molecule has 0 radical (unpaired) electrons. The van der Waals surface area contributed by atoms with Crippen LogP contribution in [0.25, 0.3) is 0 Å². The van der Waals surface area contributed by atoms with Crippen LogP contribution >= 0.6 is 0 Å². The van der Waals surface area contributed by atoms with Crippen LogP contribution in [0.3, 0.4) is 0 Å². The minimum absolute atomic E-state index is 0.588. The molecule has 0 unspecified atom stereocenters. The van der Waals surface area contributed by atoms with Crippen molar-refractivity contribution in [1.82, 2.24) is 4.90 Å². The zero-order valence-corrected chi connectivity index (χ0v) is 19.4. The molecular formula is C24H47N3. The van der Waals surface area contributed by atoms with Gasteiger partial charge in [0.15, 0.2) is 0 Å². The first-order chi connectivity index (χ1) is 13.2. The maximum Gasteiger partial charge on any atom is 0.0237 e. The van der Waals surface area contributed by atoms with Crippen LogP contribution in [0.1, 0.15) is 72.9 Å². The fraction of sp³-hybridized carbons (Fsp3) is 0.583. The van der Waals surface area contributed by atoms with Gasteiger partial charge in [0.2, 0.25) is 0 Å². The van der Waals surface area contributed by atoms with Crippen LogP contribution in [0.2, 0.25) is 0 Å². The summed E-state index contributed by atoms with van der Waals surface area (Å²) < 4.78 is 0. The van der Waals surface area contributed by atoms with E-state index in [0.29, 0.717) is 13.1 Å². The van der Waals surface area contributed by atoms with Crippen molar-refractivity contribution in [3.8, 4) is 0 Å². The predicted octanol–water partition coefficient (Wildman–Crippen LogP) is 5.90. The summed E-state index contributed by atoms with van der Waals surface area (Å²) in [7, 11) is 0. The Morgan fingerprint density at radius 2 is 1.59 bits per heavy atom. The fourth-order valence-corrected chi connectivity index (χ4v) is 2.43. The van der Waals surface area contributed by atoms with Gasteiger partial charge in [0.1, 0.15) is 0 Å². The van der Waals surface area contributed by atoms with Crippen LogP contribution in [-0.2, 0) is 13.1 Å². The molecule has 0 saturated carbocycles. The standard InChI is InChI=1S/C18H29N3.3C2H6/c1-3-6-16(7-4-2)14-21(11-10-19)15-18-9-5-8-17(12-18)13-20;3*1-2/h3,5-9,12H,4,10-11,13-15,19-20H2,1-2H3;3*1-2H3/b6-3-,16-7+;;;. The van der Waals surface area contributed by atoms with Gasteiger partial charge in [-0.25, -0.2) is 0 Å². The largest absolute Gasteiger partial charge is 0.329 e. The summed E-state index contributed by atoms with van der Waals surface area (Å²) in [6.07, 6.45) is 7.61. The normalized spacial score (nSPS) is 10.4. The maximum absolute atomic E-state index is 5.76. The molecule has 0 atom stereocenters. The SMILES string of the molecule is C/C=C\C(=C/CC)CN(CCN)Cc1cccc(CN)c1.CC.CC.CC. The van der Waals surface area contributed by atoms with Crippen molar-refractivity contribution < 1.29 is 0 Å². The van der Waals surface area contributed by atoms with Gasteiger partial charge < -0.3 is 11.5 Å². The summed E-state index contributed by atoms with van der Waals surface area (Å²) in [4.78, 5) is 2.39. The number of benzene rings is 1. The Bertz CT molecular complexity index is 464. The van der Waals surface area contributed by atoms with E-state index in [1.165, 1.54) is 16.7 Å². The molecule has 0 aromatic heterocycles. The summed E-state index contributed by atoms with van der Waals surface area (Å²) in [5.74, 6) is 0. The zero-order valence-electron chi connectivity index (χ0n) is 19.4. The molecule has 158 valence electrons. The Balaban J connectivity index is -0.000000869. The molecule has 0 heterocycles. The first-order valence-electron chi connectivity index (χ1n) is 10.8. The van der Waals surface area contributed by atoms with E-state index in [9.17, 15) is 0 Å². The molecule has 0 aliphatic carbocycles.